The smallest absolute Gasteiger partial charge is 0.410 e. The number of aromatic carboxylic acids is 1. The zero-order valence-electron chi connectivity index (χ0n) is 15.2. The first-order chi connectivity index (χ1) is 12.1. The number of carboxylic acids is 1. The minimum Gasteiger partial charge on any atom is -0.485 e. The van der Waals surface area contributed by atoms with Crippen LogP contribution in [0.3, 0.4) is 0 Å². The number of ketones is 1. The van der Waals surface area contributed by atoms with Gasteiger partial charge in [0.25, 0.3) is 0 Å². The highest BCUT2D eigenvalue weighted by Crippen LogP contribution is 2.41. The molecule has 7 nitrogen and oxygen atoms in total. The lowest BCUT2D eigenvalue weighted by Gasteiger charge is -2.44. The fourth-order valence-electron chi connectivity index (χ4n) is 3.38. The molecule has 1 N–H and O–H groups in total. The Bertz CT molecular complexity index is 742. The van der Waals surface area contributed by atoms with E-state index in [-0.39, 0.29) is 29.6 Å². The molecule has 2 heterocycles. The van der Waals surface area contributed by atoms with E-state index in [1.165, 1.54) is 6.07 Å². The molecule has 0 bridgehead atoms. The van der Waals surface area contributed by atoms with Gasteiger partial charge in [-0.3, -0.25) is 4.79 Å². The highest BCUT2D eigenvalue weighted by atomic mass is 16.6. The predicted molar refractivity (Wildman–Crippen MR) is 92.7 cm³/mol. The number of ether oxygens (including phenoxy) is 2. The van der Waals surface area contributed by atoms with E-state index < -0.39 is 17.2 Å². The maximum Gasteiger partial charge on any atom is 0.410 e. The maximum absolute atomic E-state index is 12.6. The van der Waals surface area contributed by atoms with Gasteiger partial charge in [-0.25, -0.2) is 9.59 Å². The summed E-state index contributed by atoms with van der Waals surface area (Å²) in [5, 5.41) is 9.38. The Hall–Kier alpha value is -2.57. The Morgan fingerprint density at radius 3 is 2.46 bits per heavy atom. The number of benzene rings is 1. The highest BCUT2D eigenvalue weighted by molar-refractivity contribution is 6.04. The molecular weight excluding hydrogens is 338 g/mol. The van der Waals surface area contributed by atoms with Crippen LogP contribution in [0.25, 0.3) is 0 Å². The van der Waals surface area contributed by atoms with Crippen LogP contribution in [-0.4, -0.2) is 52.1 Å². The Kier molecular flexibility index (Phi) is 4.42. The standard InChI is InChI=1S/C19H23NO6/c1-18(2,3)26-17(24)20-9-7-19(8-10-20)11-14(21)12-5-4-6-13(16(22)23)15(12)25-19/h4-6H,7-11H2,1-3H3,(H,22,23). The molecule has 2 aliphatic heterocycles. The lowest BCUT2D eigenvalue weighted by atomic mass is 9.82. The lowest BCUT2D eigenvalue weighted by Crippen LogP contribution is -2.53. The van der Waals surface area contributed by atoms with Crippen LogP contribution in [0.15, 0.2) is 18.2 Å². The van der Waals surface area contributed by atoms with Crippen LogP contribution >= 0.6 is 0 Å². The van der Waals surface area contributed by atoms with Crippen LogP contribution in [0.4, 0.5) is 4.79 Å². The molecule has 1 amide bonds. The number of piperidine rings is 1. The summed E-state index contributed by atoms with van der Waals surface area (Å²) in [5.41, 5.74) is -1.04. The summed E-state index contributed by atoms with van der Waals surface area (Å²) in [6, 6.07) is 4.57. The molecule has 1 aromatic rings. The van der Waals surface area contributed by atoms with Gasteiger partial charge < -0.3 is 19.5 Å². The summed E-state index contributed by atoms with van der Waals surface area (Å²) in [6.45, 7) is 6.22. The van der Waals surface area contributed by atoms with Crippen molar-refractivity contribution in [3.63, 3.8) is 0 Å². The monoisotopic (exact) mass is 361 g/mol. The number of amides is 1. The summed E-state index contributed by atoms with van der Waals surface area (Å²) in [5.74, 6) is -1.11. The van der Waals surface area contributed by atoms with Gasteiger partial charge in [0.1, 0.15) is 22.5 Å². The van der Waals surface area contributed by atoms with Crippen molar-refractivity contribution in [1.82, 2.24) is 4.90 Å². The van der Waals surface area contributed by atoms with E-state index in [2.05, 4.69) is 0 Å². The van der Waals surface area contributed by atoms with Gasteiger partial charge in [-0.1, -0.05) is 6.07 Å². The summed E-state index contributed by atoms with van der Waals surface area (Å²) in [7, 11) is 0. The molecule has 0 aromatic heterocycles. The third-order valence-electron chi connectivity index (χ3n) is 4.67. The fourth-order valence-corrected chi connectivity index (χ4v) is 3.38. The van der Waals surface area contributed by atoms with E-state index in [4.69, 9.17) is 9.47 Å². The zero-order valence-corrected chi connectivity index (χ0v) is 15.2. The number of nitrogens with zero attached hydrogens (tertiary/aromatic N) is 1. The molecule has 1 saturated heterocycles. The van der Waals surface area contributed by atoms with Crippen molar-refractivity contribution in [2.24, 2.45) is 0 Å². The number of para-hydroxylation sites is 1. The zero-order chi connectivity index (χ0) is 19.1. The number of carboxylic acid groups (broad SMARTS) is 1. The van der Waals surface area contributed by atoms with Gasteiger partial charge in [0.05, 0.1) is 12.0 Å². The first-order valence-corrected chi connectivity index (χ1v) is 8.67. The molecule has 0 aliphatic carbocycles. The van der Waals surface area contributed by atoms with Gasteiger partial charge in [0.2, 0.25) is 0 Å². The van der Waals surface area contributed by atoms with Crippen molar-refractivity contribution in [2.75, 3.05) is 13.1 Å². The number of rotatable bonds is 1. The Balaban J connectivity index is 1.77. The number of carbonyl (C=O) groups is 3. The van der Waals surface area contributed by atoms with Crippen molar-refractivity contribution >= 4 is 17.8 Å². The number of likely N-dealkylation sites (tertiary alicyclic amines) is 1. The predicted octanol–water partition coefficient (Wildman–Crippen LogP) is 3.12. The largest absolute Gasteiger partial charge is 0.485 e. The summed E-state index contributed by atoms with van der Waals surface area (Å²) < 4.78 is 11.5. The van der Waals surface area contributed by atoms with Crippen LogP contribution in [0.2, 0.25) is 0 Å². The molecule has 1 spiro atoms. The Labute approximate surface area is 151 Å². The van der Waals surface area contributed by atoms with Crippen molar-refractivity contribution in [1.29, 1.82) is 0 Å². The average Bonchev–Trinajstić information content (AvgIpc) is 2.53. The second kappa shape index (κ2) is 6.30. The minimum atomic E-state index is -1.13. The Morgan fingerprint density at radius 2 is 1.88 bits per heavy atom. The molecule has 1 fully saturated rings. The number of hydrogen-bond acceptors (Lipinski definition) is 5. The van der Waals surface area contributed by atoms with E-state index in [9.17, 15) is 19.5 Å². The van der Waals surface area contributed by atoms with Gasteiger partial charge >= 0.3 is 12.1 Å². The van der Waals surface area contributed by atoms with Crippen molar-refractivity contribution in [3.05, 3.63) is 29.3 Å². The lowest BCUT2D eigenvalue weighted by molar-refractivity contribution is -0.0229. The van der Waals surface area contributed by atoms with E-state index in [1.54, 1.807) is 17.0 Å². The normalized spacial score (nSPS) is 18.9. The molecule has 140 valence electrons. The minimum absolute atomic E-state index is 0.00973. The van der Waals surface area contributed by atoms with Gasteiger partial charge in [-0.2, -0.15) is 0 Å². The first kappa shape index (κ1) is 18.2. The molecule has 26 heavy (non-hydrogen) atoms. The van der Waals surface area contributed by atoms with Crippen LogP contribution in [0.1, 0.15) is 60.7 Å². The molecule has 0 radical (unpaired) electrons. The molecule has 3 rings (SSSR count). The Morgan fingerprint density at radius 1 is 1.23 bits per heavy atom. The third kappa shape index (κ3) is 3.52. The second-order valence-electron chi connectivity index (χ2n) is 7.84. The first-order valence-electron chi connectivity index (χ1n) is 8.67. The molecular formula is C19H23NO6. The highest BCUT2D eigenvalue weighted by Gasteiger charge is 2.45. The maximum atomic E-state index is 12.6. The quantitative estimate of drug-likeness (QED) is 0.826. The van der Waals surface area contributed by atoms with Crippen LogP contribution in [0.5, 0.6) is 5.75 Å². The van der Waals surface area contributed by atoms with Crippen molar-refractivity contribution in [2.45, 2.75) is 51.2 Å². The molecule has 7 heteroatoms. The van der Waals surface area contributed by atoms with E-state index in [1.807, 2.05) is 20.8 Å². The fraction of sp³-hybridized carbons (Fsp3) is 0.526. The van der Waals surface area contributed by atoms with Crippen molar-refractivity contribution in [3.8, 4) is 5.75 Å². The number of hydrogen-bond donors (Lipinski definition) is 1. The number of carbonyl (C=O) groups excluding carboxylic acids is 2. The van der Waals surface area contributed by atoms with Crippen LogP contribution in [-0.2, 0) is 4.74 Å². The van der Waals surface area contributed by atoms with Gasteiger partial charge in [0, 0.05) is 25.9 Å². The van der Waals surface area contributed by atoms with E-state index in [0.717, 1.165) is 0 Å². The topological polar surface area (TPSA) is 93.1 Å². The summed E-state index contributed by atoms with van der Waals surface area (Å²) in [4.78, 5) is 37.8. The molecule has 1 aromatic carbocycles. The number of Topliss-reactive ketones (excluding diaryl/α,β-unsaturated/α-hetero) is 1. The van der Waals surface area contributed by atoms with Crippen molar-refractivity contribution < 1.29 is 29.0 Å². The SMILES string of the molecule is CC(C)(C)OC(=O)N1CCC2(CC1)CC(=O)c1cccc(C(=O)O)c1O2. The average molecular weight is 361 g/mol. The van der Waals surface area contributed by atoms with Crippen LogP contribution in [0, 0.1) is 0 Å². The van der Waals surface area contributed by atoms with Gasteiger partial charge in [-0.15, -0.1) is 0 Å². The molecule has 0 saturated carbocycles. The van der Waals surface area contributed by atoms with E-state index in [0.29, 0.717) is 31.5 Å². The second-order valence-corrected chi connectivity index (χ2v) is 7.84. The molecule has 0 atom stereocenters. The summed E-state index contributed by atoms with van der Waals surface area (Å²) in [6.07, 6.45) is 0.697. The van der Waals surface area contributed by atoms with Gasteiger partial charge in [-0.05, 0) is 32.9 Å². The van der Waals surface area contributed by atoms with Gasteiger partial charge in [0.15, 0.2) is 5.78 Å². The molecule has 2 aliphatic rings. The third-order valence-corrected chi connectivity index (χ3v) is 4.67. The summed E-state index contributed by atoms with van der Waals surface area (Å²) >= 11 is 0. The van der Waals surface area contributed by atoms with E-state index >= 15 is 0 Å². The molecule has 0 unspecified atom stereocenters. The number of fused-ring (bicyclic) bond motifs is 1. The van der Waals surface area contributed by atoms with Crippen LogP contribution < -0.4 is 4.74 Å².